The summed E-state index contributed by atoms with van der Waals surface area (Å²) in [6, 6.07) is 5.48. The lowest BCUT2D eigenvalue weighted by molar-refractivity contribution is -0.150. The summed E-state index contributed by atoms with van der Waals surface area (Å²) < 4.78 is 9.84. The molecule has 0 saturated heterocycles. The minimum absolute atomic E-state index is 0.147. The van der Waals surface area contributed by atoms with Gasteiger partial charge in [-0.25, -0.2) is 4.79 Å². The summed E-state index contributed by atoms with van der Waals surface area (Å²) in [5.41, 5.74) is 0.383. The first-order chi connectivity index (χ1) is 12.3. The van der Waals surface area contributed by atoms with Crippen LogP contribution in [0.1, 0.15) is 30.6 Å². The molecule has 0 aliphatic carbocycles. The first-order valence-corrected chi connectivity index (χ1v) is 8.70. The highest BCUT2D eigenvalue weighted by Crippen LogP contribution is 2.11. The molecule has 7 nitrogen and oxygen atoms in total. The molecule has 0 bridgehead atoms. The average Bonchev–Trinajstić information content (AvgIpc) is 2.59. The van der Waals surface area contributed by atoms with E-state index in [1.807, 2.05) is 13.8 Å². The number of amides is 2. The SMILES string of the molecule is COCCNC(=O)COC(=O)[C@@H](CC(C)C)NC(=O)c1ccc(Cl)cc1. The summed E-state index contributed by atoms with van der Waals surface area (Å²) in [5, 5.41) is 5.71. The summed E-state index contributed by atoms with van der Waals surface area (Å²) in [5.74, 6) is -1.34. The quantitative estimate of drug-likeness (QED) is 0.474. The molecule has 0 aromatic heterocycles. The second-order valence-corrected chi connectivity index (χ2v) is 6.55. The van der Waals surface area contributed by atoms with Crippen molar-refractivity contribution in [2.75, 3.05) is 26.9 Å². The number of esters is 1. The Kier molecular flexibility index (Phi) is 9.69. The minimum Gasteiger partial charge on any atom is -0.454 e. The van der Waals surface area contributed by atoms with Gasteiger partial charge >= 0.3 is 5.97 Å². The standard InChI is InChI=1S/C18H25ClN2O5/c1-12(2)10-15(18(24)26-11-16(22)20-8-9-25-3)21-17(23)13-4-6-14(19)7-5-13/h4-7,12,15H,8-11H2,1-3H3,(H,20,22)(H,21,23)/t15-/m1/s1. The largest absolute Gasteiger partial charge is 0.454 e. The Morgan fingerprint density at radius 1 is 1.15 bits per heavy atom. The van der Waals surface area contributed by atoms with Crippen LogP contribution in [0.3, 0.4) is 0 Å². The minimum atomic E-state index is -0.843. The van der Waals surface area contributed by atoms with E-state index < -0.39 is 30.4 Å². The second-order valence-electron chi connectivity index (χ2n) is 6.11. The molecule has 8 heteroatoms. The maximum atomic E-state index is 12.3. The second kappa shape index (κ2) is 11.5. The first kappa shape index (κ1) is 21.9. The molecule has 0 unspecified atom stereocenters. The topological polar surface area (TPSA) is 93.7 Å². The van der Waals surface area contributed by atoms with E-state index in [1.165, 1.54) is 7.11 Å². The Morgan fingerprint density at radius 2 is 1.81 bits per heavy atom. The number of hydrogen-bond donors (Lipinski definition) is 2. The van der Waals surface area contributed by atoms with Crippen molar-refractivity contribution in [2.24, 2.45) is 5.92 Å². The van der Waals surface area contributed by atoms with E-state index in [0.29, 0.717) is 30.2 Å². The Labute approximate surface area is 158 Å². The molecule has 1 aromatic carbocycles. The van der Waals surface area contributed by atoms with Crippen molar-refractivity contribution in [1.29, 1.82) is 0 Å². The van der Waals surface area contributed by atoms with Gasteiger partial charge in [0.2, 0.25) is 0 Å². The van der Waals surface area contributed by atoms with Gasteiger partial charge in [0.1, 0.15) is 6.04 Å². The molecule has 0 saturated carbocycles. The number of methoxy groups -OCH3 is 1. The van der Waals surface area contributed by atoms with Gasteiger partial charge in [-0.05, 0) is 36.6 Å². The van der Waals surface area contributed by atoms with Gasteiger partial charge in [0.15, 0.2) is 6.61 Å². The molecule has 1 rings (SSSR count). The fourth-order valence-corrected chi connectivity index (χ4v) is 2.24. The van der Waals surface area contributed by atoms with Crippen LogP contribution in [-0.2, 0) is 19.1 Å². The normalized spacial score (nSPS) is 11.7. The van der Waals surface area contributed by atoms with Gasteiger partial charge in [0.25, 0.3) is 11.8 Å². The van der Waals surface area contributed by atoms with Gasteiger partial charge in [-0.2, -0.15) is 0 Å². The number of halogens is 1. The molecule has 2 amide bonds. The van der Waals surface area contributed by atoms with Crippen molar-refractivity contribution in [3.05, 3.63) is 34.9 Å². The summed E-state index contributed by atoms with van der Waals surface area (Å²) >= 11 is 5.81. The Balaban J connectivity index is 2.61. The van der Waals surface area contributed by atoms with Crippen LogP contribution < -0.4 is 10.6 Å². The van der Waals surface area contributed by atoms with Crippen molar-refractivity contribution < 1.29 is 23.9 Å². The highest BCUT2D eigenvalue weighted by atomic mass is 35.5. The summed E-state index contributed by atoms with van der Waals surface area (Å²) in [6.45, 7) is 4.13. The average molecular weight is 385 g/mol. The molecule has 0 aliphatic rings. The van der Waals surface area contributed by atoms with E-state index in [4.69, 9.17) is 21.1 Å². The van der Waals surface area contributed by atoms with Crippen LogP contribution in [0.5, 0.6) is 0 Å². The highest BCUT2D eigenvalue weighted by Gasteiger charge is 2.24. The highest BCUT2D eigenvalue weighted by molar-refractivity contribution is 6.30. The molecule has 1 atom stereocenters. The third kappa shape index (κ3) is 8.31. The molecule has 0 fully saturated rings. The van der Waals surface area contributed by atoms with Gasteiger partial charge in [0, 0.05) is 24.2 Å². The van der Waals surface area contributed by atoms with Crippen LogP contribution in [0.25, 0.3) is 0 Å². The Morgan fingerprint density at radius 3 is 2.38 bits per heavy atom. The molecule has 0 aliphatic heterocycles. The van der Waals surface area contributed by atoms with Gasteiger partial charge in [-0.3, -0.25) is 9.59 Å². The van der Waals surface area contributed by atoms with Crippen LogP contribution in [0, 0.1) is 5.92 Å². The number of carbonyl (C=O) groups is 3. The number of carbonyl (C=O) groups excluding carboxylic acids is 3. The first-order valence-electron chi connectivity index (χ1n) is 8.32. The molecular formula is C18H25ClN2O5. The van der Waals surface area contributed by atoms with Crippen molar-refractivity contribution in [3.8, 4) is 0 Å². The van der Waals surface area contributed by atoms with E-state index in [1.54, 1.807) is 24.3 Å². The van der Waals surface area contributed by atoms with Crippen LogP contribution in [-0.4, -0.2) is 50.7 Å². The Hall–Kier alpha value is -2.12. The number of nitrogens with one attached hydrogen (secondary N) is 2. The van der Waals surface area contributed by atoms with E-state index in [-0.39, 0.29) is 5.92 Å². The molecule has 0 spiro atoms. The number of ether oxygens (including phenoxy) is 2. The van der Waals surface area contributed by atoms with Gasteiger partial charge in [0.05, 0.1) is 6.61 Å². The number of benzene rings is 1. The van der Waals surface area contributed by atoms with Gasteiger partial charge in [-0.1, -0.05) is 25.4 Å². The predicted octanol–water partition coefficient (Wildman–Crippen LogP) is 1.79. The van der Waals surface area contributed by atoms with Crippen LogP contribution in [0.4, 0.5) is 0 Å². The fraction of sp³-hybridized carbons (Fsp3) is 0.500. The summed E-state index contributed by atoms with van der Waals surface area (Å²) in [7, 11) is 1.52. The predicted molar refractivity (Wildman–Crippen MR) is 98.0 cm³/mol. The van der Waals surface area contributed by atoms with Gasteiger partial charge < -0.3 is 20.1 Å². The zero-order valence-electron chi connectivity index (χ0n) is 15.2. The third-order valence-corrected chi connectivity index (χ3v) is 3.63. The van der Waals surface area contributed by atoms with Crippen LogP contribution >= 0.6 is 11.6 Å². The zero-order chi connectivity index (χ0) is 19.5. The monoisotopic (exact) mass is 384 g/mol. The molecule has 2 N–H and O–H groups in total. The molecule has 1 aromatic rings. The van der Waals surface area contributed by atoms with Gasteiger partial charge in [-0.15, -0.1) is 0 Å². The maximum Gasteiger partial charge on any atom is 0.329 e. The number of hydrogen-bond acceptors (Lipinski definition) is 5. The maximum absolute atomic E-state index is 12.3. The van der Waals surface area contributed by atoms with E-state index in [2.05, 4.69) is 10.6 Å². The molecular weight excluding hydrogens is 360 g/mol. The van der Waals surface area contributed by atoms with Crippen molar-refractivity contribution >= 4 is 29.4 Å². The lowest BCUT2D eigenvalue weighted by Crippen LogP contribution is -2.43. The molecule has 0 radical (unpaired) electrons. The lowest BCUT2D eigenvalue weighted by Gasteiger charge is -2.19. The summed E-state index contributed by atoms with van der Waals surface area (Å²) in [4.78, 5) is 36.2. The van der Waals surface area contributed by atoms with Crippen molar-refractivity contribution in [1.82, 2.24) is 10.6 Å². The van der Waals surface area contributed by atoms with E-state index in [0.717, 1.165) is 0 Å². The smallest absolute Gasteiger partial charge is 0.329 e. The van der Waals surface area contributed by atoms with Crippen molar-refractivity contribution in [3.63, 3.8) is 0 Å². The van der Waals surface area contributed by atoms with E-state index >= 15 is 0 Å². The molecule has 26 heavy (non-hydrogen) atoms. The summed E-state index contributed by atoms with van der Waals surface area (Å²) in [6.07, 6.45) is 0.392. The van der Waals surface area contributed by atoms with Crippen molar-refractivity contribution in [2.45, 2.75) is 26.3 Å². The fourth-order valence-electron chi connectivity index (χ4n) is 2.11. The lowest BCUT2D eigenvalue weighted by atomic mass is 10.0. The Bertz CT molecular complexity index is 604. The molecule has 0 heterocycles. The number of rotatable bonds is 10. The molecule has 144 valence electrons. The third-order valence-electron chi connectivity index (χ3n) is 3.38. The van der Waals surface area contributed by atoms with Crippen LogP contribution in [0.15, 0.2) is 24.3 Å². The van der Waals surface area contributed by atoms with Crippen LogP contribution in [0.2, 0.25) is 5.02 Å². The zero-order valence-corrected chi connectivity index (χ0v) is 16.0. The van der Waals surface area contributed by atoms with E-state index in [9.17, 15) is 14.4 Å².